The number of allylic oxidation sites excluding steroid dienone is 1. The molecule has 0 bridgehead atoms. The Hall–Kier alpha value is -0.340. The smallest absolute Gasteiger partial charge is 0.0647 e. The lowest BCUT2D eigenvalue weighted by molar-refractivity contribution is 0.0762. The molecule has 0 aromatic rings. The first-order valence-electron chi connectivity index (χ1n) is 5.71. The van der Waals surface area contributed by atoms with Crippen molar-refractivity contribution < 1.29 is 4.74 Å². The molecule has 0 heterocycles. The Balaban J connectivity index is 3.76. The molecule has 0 aliphatic rings. The van der Waals surface area contributed by atoms with Crippen LogP contribution >= 0.6 is 0 Å². The standard InChI is InChI=1S/C13H27NO/c1-7-8-9-15-11-13(5,6)10-14-12(2,3)4/h7-8,14H,9-11H2,1-6H3. The number of rotatable bonds is 6. The molecule has 0 atom stereocenters. The van der Waals surface area contributed by atoms with Crippen molar-refractivity contribution >= 4 is 0 Å². The van der Waals surface area contributed by atoms with Crippen molar-refractivity contribution in [1.82, 2.24) is 5.32 Å². The van der Waals surface area contributed by atoms with Crippen LogP contribution in [0.15, 0.2) is 12.2 Å². The SMILES string of the molecule is CC=CCOCC(C)(C)CNC(C)(C)C. The van der Waals surface area contributed by atoms with Crippen LogP contribution in [-0.2, 0) is 4.74 Å². The minimum Gasteiger partial charge on any atom is -0.377 e. The van der Waals surface area contributed by atoms with E-state index in [1.54, 1.807) is 0 Å². The average molecular weight is 213 g/mol. The Labute approximate surface area is 95.1 Å². The lowest BCUT2D eigenvalue weighted by Crippen LogP contribution is -2.43. The van der Waals surface area contributed by atoms with E-state index in [0.717, 1.165) is 19.8 Å². The predicted octanol–water partition coefficient (Wildman–Crippen LogP) is 2.99. The predicted molar refractivity (Wildman–Crippen MR) is 67.2 cm³/mol. The Kier molecular flexibility index (Phi) is 6.15. The first-order valence-corrected chi connectivity index (χ1v) is 5.71. The van der Waals surface area contributed by atoms with Gasteiger partial charge in [0.1, 0.15) is 0 Å². The minimum atomic E-state index is 0.181. The molecule has 0 saturated heterocycles. The van der Waals surface area contributed by atoms with Crippen LogP contribution in [0.2, 0.25) is 0 Å². The number of hydrogen-bond acceptors (Lipinski definition) is 2. The zero-order valence-corrected chi connectivity index (χ0v) is 11.2. The van der Waals surface area contributed by atoms with Crippen LogP contribution < -0.4 is 5.32 Å². The largest absolute Gasteiger partial charge is 0.377 e. The van der Waals surface area contributed by atoms with E-state index in [-0.39, 0.29) is 11.0 Å². The van der Waals surface area contributed by atoms with Gasteiger partial charge in [0.25, 0.3) is 0 Å². The van der Waals surface area contributed by atoms with Gasteiger partial charge < -0.3 is 10.1 Å². The van der Waals surface area contributed by atoms with Crippen molar-refractivity contribution in [3.63, 3.8) is 0 Å². The summed E-state index contributed by atoms with van der Waals surface area (Å²) in [5.41, 5.74) is 0.370. The highest BCUT2D eigenvalue weighted by molar-refractivity contribution is 4.80. The van der Waals surface area contributed by atoms with Gasteiger partial charge in [-0.15, -0.1) is 0 Å². The van der Waals surface area contributed by atoms with Crippen molar-refractivity contribution in [3.8, 4) is 0 Å². The van der Waals surface area contributed by atoms with Crippen LogP contribution in [0.1, 0.15) is 41.5 Å². The molecule has 90 valence electrons. The van der Waals surface area contributed by atoms with Gasteiger partial charge in [0, 0.05) is 17.5 Å². The molecule has 15 heavy (non-hydrogen) atoms. The maximum atomic E-state index is 5.58. The van der Waals surface area contributed by atoms with Gasteiger partial charge in [-0.1, -0.05) is 26.0 Å². The second-order valence-electron chi connectivity index (χ2n) is 5.85. The van der Waals surface area contributed by atoms with E-state index >= 15 is 0 Å². The van der Waals surface area contributed by atoms with Crippen LogP contribution in [-0.4, -0.2) is 25.3 Å². The van der Waals surface area contributed by atoms with Crippen LogP contribution in [0, 0.1) is 5.41 Å². The van der Waals surface area contributed by atoms with Crippen molar-refractivity contribution in [3.05, 3.63) is 12.2 Å². The summed E-state index contributed by atoms with van der Waals surface area (Å²) in [6.45, 7) is 15.5. The third kappa shape index (κ3) is 9.95. The van der Waals surface area contributed by atoms with Gasteiger partial charge in [0.2, 0.25) is 0 Å². The zero-order valence-electron chi connectivity index (χ0n) is 11.2. The molecule has 0 spiro atoms. The van der Waals surface area contributed by atoms with E-state index in [1.807, 2.05) is 19.1 Å². The first-order chi connectivity index (χ1) is 6.77. The molecule has 0 rings (SSSR count). The molecule has 2 nitrogen and oxygen atoms in total. The summed E-state index contributed by atoms with van der Waals surface area (Å²) < 4.78 is 5.58. The molecule has 0 unspecified atom stereocenters. The highest BCUT2D eigenvalue weighted by Crippen LogP contribution is 2.15. The normalized spacial score (nSPS) is 13.7. The van der Waals surface area contributed by atoms with Crippen molar-refractivity contribution in [2.45, 2.75) is 47.1 Å². The lowest BCUT2D eigenvalue weighted by atomic mass is 9.93. The maximum absolute atomic E-state index is 5.58. The summed E-state index contributed by atoms with van der Waals surface area (Å²) in [6.07, 6.45) is 4.05. The van der Waals surface area contributed by atoms with Crippen LogP contribution in [0.5, 0.6) is 0 Å². The molecule has 1 N–H and O–H groups in total. The van der Waals surface area contributed by atoms with Crippen molar-refractivity contribution in [1.29, 1.82) is 0 Å². The summed E-state index contributed by atoms with van der Waals surface area (Å²) in [5, 5.41) is 3.51. The van der Waals surface area contributed by atoms with Gasteiger partial charge in [-0.2, -0.15) is 0 Å². The molecule has 0 fully saturated rings. The summed E-state index contributed by atoms with van der Waals surface area (Å²) in [5.74, 6) is 0. The summed E-state index contributed by atoms with van der Waals surface area (Å²) in [7, 11) is 0. The van der Waals surface area contributed by atoms with Crippen molar-refractivity contribution in [2.75, 3.05) is 19.8 Å². The second kappa shape index (κ2) is 6.29. The molecule has 0 aliphatic carbocycles. The Morgan fingerprint density at radius 2 is 1.73 bits per heavy atom. The third-order valence-corrected chi connectivity index (χ3v) is 2.04. The van der Waals surface area contributed by atoms with Gasteiger partial charge in [0.15, 0.2) is 0 Å². The van der Waals surface area contributed by atoms with E-state index in [9.17, 15) is 0 Å². The fraction of sp³-hybridized carbons (Fsp3) is 0.846. The maximum Gasteiger partial charge on any atom is 0.0647 e. The Bertz CT molecular complexity index is 189. The fourth-order valence-corrected chi connectivity index (χ4v) is 1.05. The van der Waals surface area contributed by atoms with Crippen LogP contribution in [0.3, 0.4) is 0 Å². The molecular weight excluding hydrogens is 186 g/mol. The molecule has 0 saturated carbocycles. The van der Waals surface area contributed by atoms with Gasteiger partial charge in [0.05, 0.1) is 13.2 Å². The Morgan fingerprint density at radius 3 is 2.20 bits per heavy atom. The number of hydrogen-bond donors (Lipinski definition) is 1. The van der Waals surface area contributed by atoms with Gasteiger partial charge in [-0.3, -0.25) is 0 Å². The van der Waals surface area contributed by atoms with Gasteiger partial charge in [-0.25, -0.2) is 0 Å². The number of nitrogens with one attached hydrogen (secondary N) is 1. The number of ether oxygens (including phenoxy) is 1. The minimum absolute atomic E-state index is 0.181. The lowest BCUT2D eigenvalue weighted by Gasteiger charge is -2.30. The highest BCUT2D eigenvalue weighted by Gasteiger charge is 2.20. The molecule has 0 aromatic carbocycles. The molecule has 0 radical (unpaired) electrons. The third-order valence-electron chi connectivity index (χ3n) is 2.04. The van der Waals surface area contributed by atoms with Crippen molar-refractivity contribution in [2.24, 2.45) is 5.41 Å². The molecule has 0 aliphatic heterocycles. The molecule has 2 heteroatoms. The van der Waals surface area contributed by atoms with E-state index in [1.165, 1.54) is 0 Å². The quantitative estimate of drug-likeness (QED) is 0.541. The average Bonchev–Trinajstić information content (AvgIpc) is 2.09. The summed E-state index contributed by atoms with van der Waals surface area (Å²) >= 11 is 0. The second-order valence-corrected chi connectivity index (χ2v) is 5.85. The van der Waals surface area contributed by atoms with Crippen LogP contribution in [0.25, 0.3) is 0 Å². The molecule has 0 amide bonds. The topological polar surface area (TPSA) is 21.3 Å². The zero-order chi connectivity index (χ0) is 11.9. The van der Waals surface area contributed by atoms with E-state index < -0.39 is 0 Å². The first kappa shape index (κ1) is 14.7. The Morgan fingerprint density at radius 1 is 1.13 bits per heavy atom. The monoisotopic (exact) mass is 213 g/mol. The molecule has 0 aromatic heterocycles. The van der Waals surface area contributed by atoms with Gasteiger partial charge in [-0.05, 0) is 27.7 Å². The summed E-state index contributed by atoms with van der Waals surface area (Å²) in [4.78, 5) is 0. The highest BCUT2D eigenvalue weighted by atomic mass is 16.5. The fourth-order valence-electron chi connectivity index (χ4n) is 1.05. The van der Waals surface area contributed by atoms with E-state index in [0.29, 0.717) is 0 Å². The van der Waals surface area contributed by atoms with E-state index in [4.69, 9.17) is 4.74 Å². The van der Waals surface area contributed by atoms with E-state index in [2.05, 4.69) is 39.9 Å². The van der Waals surface area contributed by atoms with Gasteiger partial charge >= 0.3 is 0 Å². The summed E-state index contributed by atoms with van der Waals surface area (Å²) in [6, 6.07) is 0. The van der Waals surface area contributed by atoms with Crippen LogP contribution in [0.4, 0.5) is 0 Å². The molecular formula is C13H27NO.